The van der Waals surface area contributed by atoms with Gasteiger partial charge in [0.05, 0.1) is 4.90 Å². The molecule has 4 rings (SSSR count). The molecule has 156 valence electrons. The summed E-state index contributed by atoms with van der Waals surface area (Å²) in [4.78, 5) is 13.7. The van der Waals surface area contributed by atoms with Crippen molar-refractivity contribution in [2.75, 3.05) is 18.6 Å². The van der Waals surface area contributed by atoms with E-state index in [4.69, 9.17) is 4.42 Å². The summed E-state index contributed by atoms with van der Waals surface area (Å²) in [6.07, 6.45) is 3.75. The Hall–Kier alpha value is -2.69. The Balaban J connectivity index is 1.44. The van der Waals surface area contributed by atoms with Gasteiger partial charge < -0.3 is 4.42 Å². The molecule has 1 aromatic heterocycles. The maximum Gasteiger partial charge on any atom is 0.322 e. The van der Waals surface area contributed by atoms with Gasteiger partial charge in [-0.25, -0.2) is 8.42 Å². The number of nitrogens with zero attached hydrogens (tertiary/aromatic N) is 3. The Bertz CT molecular complexity index is 1150. The summed E-state index contributed by atoms with van der Waals surface area (Å²) in [6, 6.07) is 13.4. The summed E-state index contributed by atoms with van der Waals surface area (Å²) in [5.74, 6) is -0.176. The van der Waals surface area contributed by atoms with Crippen LogP contribution >= 0.6 is 11.8 Å². The number of anilines is 1. The normalized spacial score (nSPS) is 14.1. The van der Waals surface area contributed by atoms with Crippen molar-refractivity contribution in [3.8, 4) is 11.5 Å². The molecule has 0 bridgehead atoms. The molecular formula is C20H20N4O4S2. The van der Waals surface area contributed by atoms with Crippen LogP contribution in [0.25, 0.3) is 11.5 Å². The van der Waals surface area contributed by atoms with Crippen molar-refractivity contribution >= 4 is 33.7 Å². The molecule has 30 heavy (non-hydrogen) atoms. The average Bonchev–Trinajstić information content (AvgIpc) is 3.52. The van der Waals surface area contributed by atoms with Crippen LogP contribution in [0.1, 0.15) is 23.2 Å². The number of aromatic nitrogens is 2. The lowest BCUT2D eigenvalue weighted by Crippen LogP contribution is -2.29. The van der Waals surface area contributed by atoms with Crippen molar-refractivity contribution in [2.24, 2.45) is 0 Å². The molecule has 2 aromatic carbocycles. The van der Waals surface area contributed by atoms with Crippen molar-refractivity contribution < 1.29 is 17.6 Å². The van der Waals surface area contributed by atoms with Crippen LogP contribution in [0.15, 0.2) is 62.7 Å². The molecule has 0 aliphatic heterocycles. The van der Waals surface area contributed by atoms with E-state index in [1.54, 1.807) is 18.8 Å². The van der Waals surface area contributed by atoms with Crippen molar-refractivity contribution in [1.82, 2.24) is 14.5 Å². The van der Waals surface area contributed by atoms with Gasteiger partial charge in [0.2, 0.25) is 15.9 Å². The lowest BCUT2D eigenvalue weighted by atomic mass is 10.2. The van der Waals surface area contributed by atoms with E-state index in [1.807, 2.05) is 30.5 Å². The van der Waals surface area contributed by atoms with Gasteiger partial charge in [0.15, 0.2) is 0 Å². The summed E-state index contributed by atoms with van der Waals surface area (Å²) in [5.41, 5.74) is 1.03. The molecule has 8 nitrogen and oxygen atoms in total. The summed E-state index contributed by atoms with van der Waals surface area (Å²) >= 11 is 1.63. The fourth-order valence-corrected chi connectivity index (χ4v) is 4.70. The number of carbonyl (C=O) groups is 1. The first-order chi connectivity index (χ1) is 14.4. The molecule has 3 aromatic rings. The summed E-state index contributed by atoms with van der Waals surface area (Å²) in [6.45, 7) is 0. The van der Waals surface area contributed by atoms with Crippen molar-refractivity contribution in [3.63, 3.8) is 0 Å². The van der Waals surface area contributed by atoms with Gasteiger partial charge in [-0.05, 0) is 67.6 Å². The Morgan fingerprint density at radius 2 is 1.77 bits per heavy atom. The molecule has 1 amide bonds. The van der Waals surface area contributed by atoms with Crippen molar-refractivity contribution in [1.29, 1.82) is 0 Å². The lowest BCUT2D eigenvalue weighted by molar-refractivity contribution is 0.102. The third-order valence-corrected chi connectivity index (χ3v) is 7.50. The zero-order valence-electron chi connectivity index (χ0n) is 16.4. The van der Waals surface area contributed by atoms with Crippen molar-refractivity contribution in [2.45, 2.75) is 28.7 Å². The predicted molar refractivity (Wildman–Crippen MR) is 114 cm³/mol. The minimum Gasteiger partial charge on any atom is -0.403 e. The van der Waals surface area contributed by atoms with Gasteiger partial charge >= 0.3 is 6.01 Å². The van der Waals surface area contributed by atoms with Crippen LogP contribution in [-0.4, -0.2) is 48.2 Å². The largest absolute Gasteiger partial charge is 0.403 e. The van der Waals surface area contributed by atoms with E-state index < -0.39 is 15.9 Å². The topological polar surface area (TPSA) is 105 Å². The van der Waals surface area contributed by atoms with E-state index in [1.165, 1.54) is 28.6 Å². The van der Waals surface area contributed by atoms with Gasteiger partial charge in [0.1, 0.15) is 0 Å². The second-order valence-corrected chi connectivity index (χ2v) is 9.75. The van der Waals surface area contributed by atoms with Crippen LogP contribution in [0.5, 0.6) is 0 Å². The standard InChI is InChI=1S/C20H20N4O4S2/c1-24(15-7-8-15)30(26,27)17-11-5-13(6-12-17)18(25)21-20-23-22-19(28-20)14-3-9-16(29-2)10-4-14/h3-6,9-12,15H,7-8H2,1-2H3,(H,21,23,25). The molecule has 10 heteroatoms. The fourth-order valence-electron chi connectivity index (χ4n) is 2.87. The highest BCUT2D eigenvalue weighted by atomic mass is 32.2. The van der Waals surface area contributed by atoms with Crippen LogP contribution in [0.4, 0.5) is 6.01 Å². The summed E-state index contributed by atoms with van der Waals surface area (Å²) in [5, 5.41) is 10.3. The van der Waals surface area contributed by atoms with Crippen molar-refractivity contribution in [3.05, 3.63) is 54.1 Å². The lowest BCUT2D eigenvalue weighted by Gasteiger charge is -2.16. The molecule has 1 aliphatic rings. The number of thioether (sulfide) groups is 1. The van der Waals surface area contributed by atoms with E-state index in [2.05, 4.69) is 15.5 Å². The van der Waals surface area contributed by atoms with E-state index in [0.717, 1.165) is 23.3 Å². The second-order valence-electron chi connectivity index (χ2n) is 6.87. The molecule has 0 radical (unpaired) electrons. The van der Waals surface area contributed by atoms with Gasteiger partial charge in [-0.3, -0.25) is 10.1 Å². The number of hydrogen-bond donors (Lipinski definition) is 1. The van der Waals surface area contributed by atoms with Crippen LogP contribution in [0, 0.1) is 0 Å². The maximum absolute atomic E-state index is 12.6. The third kappa shape index (κ3) is 4.25. The van der Waals surface area contributed by atoms with Crippen LogP contribution < -0.4 is 5.32 Å². The predicted octanol–water partition coefficient (Wildman–Crippen LogP) is 3.49. The number of hydrogen-bond acceptors (Lipinski definition) is 7. The third-order valence-electron chi connectivity index (χ3n) is 4.84. The number of amides is 1. The smallest absolute Gasteiger partial charge is 0.322 e. The maximum atomic E-state index is 12.6. The Labute approximate surface area is 178 Å². The zero-order chi connectivity index (χ0) is 21.3. The van der Waals surface area contributed by atoms with E-state index in [0.29, 0.717) is 5.89 Å². The second kappa shape index (κ2) is 8.21. The number of benzene rings is 2. The zero-order valence-corrected chi connectivity index (χ0v) is 18.0. The highest BCUT2D eigenvalue weighted by Gasteiger charge is 2.35. The van der Waals surface area contributed by atoms with Gasteiger partial charge in [-0.1, -0.05) is 5.10 Å². The Kier molecular flexibility index (Phi) is 5.63. The highest BCUT2D eigenvalue weighted by Crippen LogP contribution is 2.30. The summed E-state index contributed by atoms with van der Waals surface area (Å²) in [7, 11) is -1.97. The SMILES string of the molecule is CSc1ccc(-c2nnc(NC(=O)c3ccc(S(=O)(=O)N(C)C4CC4)cc3)o2)cc1. The number of rotatable bonds is 7. The molecule has 1 fully saturated rings. The molecular weight excluding hydrogens is 424 g/mol. The molecule has 1 heterocycles. The minimum atomic E-state index is -3.55. The van der Waals surface area contributed by atoms with E-state index >= 15 is 0 Å². The molecule has 0 saturated heterocycles. The van der Waals surface area contributed by atoms with E-state index in [-0.39, 0.29) is 22.5 Å². The average molecular weight is 445 g/mol. The quantitative estimate of drug-likeness (QED) is 0.556. The van der Waals surface area contributed by atoms with Gasteiger partial charge in [0.25, 0.3) is 5.91 Å². The van der Waals surface area contributed by atoms with Crippen LogP contribution in [-0.2, 0) is 10.0 Å². The number of nitrogens with one attached hydrogen (secondary N) is 1. The first-order valence-electron chi connectivity index (χ1n) is 9.26. The number of carbonyl (C=O) groups excluding carboxylic acids is 1. The molecule has 0 spiro atoms. The molecule has 0 unspecified atom stereocenters. The Morgan fingerprint density at radius 1 is 1.10 bits per heavy atom. The fraction of sp³-hybridized carbons (Fsp3) is 0.250. The van der Waals surface area contributed by atoms with Gasteiger partial charge in [-0.15, -0.1) is 16.9 Å². The first-order valence-corrected chi connectivity index (χ1v) is 11.9. The highest BCUT2D eigenvalue weighted by molar-refractivity contribution is 7.98. The molecule has 1 saturated carbocycles. The molecule has 0 atom stereocenters. The molecule has 1 aliphatic carbocycles. The van der Waals surface area contributed by atoms with Crippen LogP contribution in [0.3, 0.4) is 0 Å². The van der Waals surface area contributed by atoms with Gasteiger partial charge in [-0.2, -0.15) is 4.31 Å². The number of sulfonamides is 1. The minimum absolute atomic E-state index is 0.0332. The first kappa shape index (κ1) is 20.6. The summed E-state index contributed by atoms with van der Waals surface area (Å²) < 4.78 is 32.0. The Morgan fingerprint density at radius 3 is 2.37 bits per heavy atom. The van der Waals surface area contributed by atoms with Gasteiger partial charge in [0, 0.05) is 29.1 Å². The monoisotopic (exact) mass is 444 g/mol. The van der Waals surface area contributed by atoms with E-state index in [9.17, 15) is 13.2 Å². The molecule has 1 N–H and O–H groups in total. The van der Waals surface area contributed by atoms with Crippen LogP contribution in [0.2, 0.25) is 0 Å².